The second-order valence-electron chi connectivity index (χ2n) is 2.67. The summed E-state index contributed by atoms with van der Waals surface area (Å²) in [6.07, 6.45) is 1.13. The van der Waals surface area contributed by atoms with Crippen LogP contribution in [0.15, 0.2) is 18.3 Å². The van der Waals surface area contributed by atoms with Crippen molar-refractivity contribution in [2.75, 3.05) is 0 Å². The summed E-state index contributed by atoms with van der Waals surface area (Å²) in [5, 5.41) is 12.3. The molecule has 0 radical (unpaired) electrons. The Balaban J connectivity index is 2.95. The smallest absolute Gasteiger partial charge is 0.358 e. The van der Waals surface area contributed by atoms with Crippen molar-refractivity contribution in [1.82, 2.24) is 10.3 Å². The highest BCUT2D eigenvalue weighted by atomic mass is 16.6. The van der Waals surface area contributed by atoms with Crippen LogP contribution in [-0.4, -0.2) is 21.7 Å². The average Bonchev–Trinajstić information content (AvgIpc) is 2.17. The fraction of sp³-hybridized carbons (Fsp3) is 0.125. The number of imide groups is 1. The molecule has 0 bridgehead atoms. The van der Waals surface area contributed by atoms with Crippen LogP contribution in [0.5, 0.6) is 0 Å². The lowest BCUT2D eigenvalue weighted by Gasteiger charge is -1.99. The third kappa shape index (κ3) is 2.83. The zero-order chi connectivity index (χ0) is 11.4. The van der Waals surface area contributed by atoms with E-state index in [-0.39, 0.29) is 5.56 Å². The predicted molar refractivity (Wildman–Crippen MR) is 49.0 cm³/mol. The van der Waals surface area contributed by atoms with Crippen LogP contribution in [0.3, 0.4) is 0 Å². The lowest BCUT2D eigenvalue weighted by atomic mass is 10.2. The van der Waals surface area contributed by atoms with Gasteiger partial charge in [0.15, 0.2) is 0 Å². The topological polar surface area (TPSA) is 102 Å². The summed E-state index contributed by atoms with van der Waals surface area (Å²) in [4.78, 5) is 34.9. The molecular weight excluding hydrogens is 202 g/mol. The van der Waals surface area contributed by atoms with Crippen molar-refractivity contribution in [3.05, 3.63) is 34.0 Å². The van der Waals surface area contributed by atoms with Gasteiger partial charge in [0.2, 0.25) is 5.91 Å². The van der Waals surface area contributed by atoms with E-state index in [0.717, 1.165) is 12.3 Å². The van der Waals surface area contributed by atoms with Crippen molar-refractivity contribution < 1.29 is 14.5 Å². The van der Waals surface area contributed by atoms with Gasteiger partial charge >= 0.3 is 5.82 Å². The standard InChI is InChI=1S/C8H7N3O4/c1-5(12)10-8(13)6-2-3-9-7(4-6)11(14)15/h2-4H,1H3,(H,10,12,13). The highest BCUT2D eigenvalue weighted by molar-refractivity contribution is 6.04. The molecule has 2 amide bonds. The number of nitro groups is 1. The lowest BCUT2D eigenvalue weighted by Crippen LogP contribution is -2.27. The molecule has 78 valence electrons. The third-order valence-corrected chi connectivity index (χ3v) is 1.48. The van der Waals surface area contributed by atoms with Crippen LogP contribution in [0.25, 0.3) is 0 Å². The predicted octanol–water partition coefficient (Wildman–Crippen LogP) is 0.266. The zero-order valence-corrected chi connectivity index (χ0v) is 7.76. The Bertz CT molecular complexity index is 430. The molecule has 7 heteroatoms. The first kappa shape index (κ1) is 10.8. The Morgan fingerprint density at radius 1 is 1.53 bits per heavy atom. The number of nitrogens with one attached hydrogen (secondary N) is 1. The van der Waals surface area contributed by atoms with Gasteiger partial charge in [0, 0.05) is 13.0 Å². The maximum absolute atomic E-state index is 11.2. The summed E-state index contributed by atoms with van der Waals surface area (Å²) in [5.74, 6) is -1.65. The van der Waals surface area contributed by atoms with E-state index in [9.17, 15) is 19.7 Å². The van der Waals surface area contributed by atoms with Gasteiger partial charge in [-0.3, -0.25) is 14.9 Å². The van der Waals surface area contributed by atoms with Gasteiger partial charge in [-0.15, -0.1) is 0 Å². The third-order valence-electron chi connectivity index (χ3n) is 1.48. The van der Waals surface area contributed by atoms with Crippen LogP contribution in [-0.2, 0) is 4.79 Å². The minimum Gasteiger partial charge on any atom is -0.358 e. The van der Waals surface area contributed by atoms with Crippen molar-refractivity contribution >= 4 is 17.6 Å². The second-order valence-corrected chi connectivity index (χ2v) is 2.67. The number of nitrogens with zero attached hydrogens (tertiary/aromatic N) is 2. The first-order chi connectivity index (χ1) is 7.00. The molecule has 0 aromatic carbocycles. The quantitative estimate of drug-likeness (QED) is 0.556. The van der Waals surface area contributed by atoms with E-state index in [4.69, 9.17) is 0 Å². The fourth-order valence-corrected chi connectivity index (χ4v) is 0.892. The molecular formula is C8H7N3O4. The maximum atomic E-state index is 11.2. The molecule has 0 aliphatic heterocycles. The summed E-state index contributed by atoms with van der Waals surface area (Å²) in [6.45, 7) is 1.17. The van der Waals surface area contributed by atoms with Gasteiger partial charge in [-0.1, -0.05) is 0 Å². The van der Waals surface area contributed by atoms with Gasteiger partial charge in [0.05, 0.1) is 5.56 Å². The molecule has 15 heavy (non-hydrogen) atoms. The lowest BCUT2D eigenvalue weighted by molar-refractivity contribution is -0.389. The van der Waals surface area contributed by atoms with Gasteiger partial charge in [-0.05, 0) is 16.0 Å². The minimum absolute atomic E-state index is 0.0203. The Labute approximate surface area is 84.3 Å². The molecule has 0 fully saturated rings. The summed E-state index contributed by atoms with van der Waals surface area (Å²) in [5.41, 5.74) is 0.0203. The highest BCUT2D eigenvalue weighted by Crippen LogP contribution is 2.08. The Hall–Kier alpha value is -2.31. The van der Waals surface area contributed by atoms with Crippen LogP contribution in [0.2, 0.25) is 0 Å². The number of hydrogen-bond acceptors (Lipinski definition) is 5. The number of carbonyl (C=O) groups is 2. The van der Waals surface area contributed by atoms with E-state index in [1.165, 1.54) is 13.0 Å². The molecule has 1 rings (SSSR count). The highest BCUT2D eigenvalue weighted by Gasteiger charge is 2.13. The largest absolute Gasteiger partial charge is 0.364 e. The van der Waals surface area contributed by atoms with Gasteiger partial charge in [0.1, 0.15) is 6.20 Å². The average molecular weight is 209 g/mol. The van der Waals surface area contributed by atoms with E-state index in [1.54, 1.807) is 0 Å². The molecule has 0 aliphatic rings. The molecule has 0 atom stereocenters. The Morgan fingerprint density at radius 2 is 2.20 bits per heavy atom. The molecule has 0 saturated heterocycles. The first-order valence-electron chi connectivity index (χ1n) is 3.93. The monoisotopic (exact) mass is 209 g/mol. The number of aromatic nitrogens is 1. The molecule has 0 saturated carbocycles. The van der Waals surface area contributed by atoms with E-state index >= 15 is 0 Å². The molecule has 1 heterocycles. The van der Waals surface area contributed by atoms with Gasteiger partial charge in [-0.2, -0.15) is 0 Å². The summed E-state index contributed by atoms with van der Waals surface area (Å²) >= 11 is 0. The number of amides is 2. The number of carbonyl (C=O) groups excluding carboxylic acids is 2. The van der Waals surface area contributed by atoms with Crippen molar-refractivity contribution in [2.45, 2.75) is 6.92 Å². The zero-order valence-electron chi connectivity index (χ0n) is 7.76. The van der Waals surface area contributed by atoms with E-state index in [2.05, 4.69) is 4.98 Å². The molecule has 0 spiro atoms. The summed E-state index contributed by atoms with van der Waals surface area (Å²) in [6, 6.07) is 2.28. The molecule has 0 aliphatic carbocycles. The van der Waals surface area contributed by atoms with Gasteiger partial charge in [0.25, 0.3) is 5.91 Å². The molecule has 7 nitrogen and oxygen atoms in total. The van der Waals surface area contributed by atoms with Crippen molar-refractivity contribution in [3.63, 3.8) is 0 Å². The molecule has 1 aromatic heterocycles. The van der Waals surface area contributed by atoms with E-state index in [0.29, 0.717) is 0 Å². The molecule has 1 N–H and O–H groups in total. The summed E-state index contributed by atoms with van der Waals surface area (Å²) in [7, 11) is 0. The first-order valence-corrected chi connectivity index (χ1v) is 3.93. The van der Waals surface area contributed by atoms with E-state index < -0.39 is 22.6 Å². The van der Waals surface area contributed by atoms with Crippen molar-refractivity contribution in [1.29, 1.82) is 0 Å². The van der Waals surface area contributed by atoms with Crippen molar-refractivity contribution in [2.24, 2.45) is 0 Å². The Morgan fingerprint density at radius 3 is 2.73 bits per heavy atom. The number of rotatable bonds is 2. The number of pyridine rings is 1. The Kier molecular flexibility index (Phi) is 3.06. The fourth-order valence-electron chi connectivity index (χ4n) is 0.892. The van der Waals surface area contributed by atoms with E-state index in [1.807, 2.05) is 5.32 Å². The summed E-state index contributed by atoms with van der Waals surface area (Å²) < 4.78 is 0. The van der Waals surface area contributed by atoms with Crippen LogP contribution in [0, 0.1) is 10.1 Å². The van der Waals surface area contributed by atoms with Gasteiger partial charge in [-0.25, -0.2) is 0 Å². The number of hydrogen-bond donors (Lipinski definition) is 1. The van der Waals surface area contributed by atoms with Crippen molar-refractivity contribution in [3.8, 4) is 0 Å². The second kappa shape index (κ2) is 4.27. The molecule has 0 unspecified atom stereocenters. The van der Waals surface area contributed by atoms with Crippen LogP contribution < -0.4 is 5.32 Å². The molecule has 1 aromatic rings. The van der Waals surface area contributed by atoms with Crippen LogP contribution in [0.1, 0.15) is 17.3 Å². The van der Waals surface area contributed by atoms with Crippen LogP contribution >= 0.6 is 0 Å². The SMILES string of the molecule is CC(=O)NC(=O)c1ccnc([N+](=O)[O-])c1. The van der Waals surface area contributed by atoms with Gasteiger partial charge < -0.3 is 10.1 Å². The normalized spacial score (nSPS) is 9.40. The van der Waals surface area contributed by atoms with Crippen LogP contribution in [0.4, 0.5) is 5.82 Å². The minimum atomic E-state index is -0.718. The maximum Gasteiger partial charge on any atom is 0.364 e.